The number of primary amides is 2. The molecule has 0 saturated heterocycles. The molecule has 170 valence electrons. The molecule has 4 rings (SSSR count). The summed E-state index contributed by atoms with van der Waals surface area (Å²) < 4.78 is 7.20. The number of nitrogens with two attached hydrogens (primary N) is 2. The van der Waals surface area contributed by atoms with E-state index in [0.717, 1.165) is 16.8 Å². The lowest BCUT2D eigenvalue weighted by atomic mass is 9.85. The van der Waals surface area contributed by atoms with E-state index in [1.807, 2.05) is 52.1 Å². The Morgan fingerprint density at radius 1 is 1.15 bits per heavy atom. The molecule has 0 aliphatic carbocycles. The average Bonchev–Trinajstić information content (AvgIpc) is 3.42. The molecule has 4 aromatic heterocycles. The van der Waals surface area contributed by atoms with Crippen molar-refractivity contribution in [2.45, 2.75) is 39.2 Å². The maximum atomic E-state index is 12.2. The summed E-state index contributed by atoms with van der Waals surface area (Å²) in [6.07, 6.45) is 6.32. The van der Waals surface area contributed by atoms with E-state index in [1.165, 1.54) is 12.5 Å². The van der Waals surface area contributed by atoms with Crippen LogP contribution in [-0.2, 0) is 5.41 Å². The first kappa shape index (κ1) is 22.0. The number of oxazole rings is 1. The number of carbonyl (C=O) groups excluding carboxylic acids is 2. The lowest BCUT2D eigenvalue weighted by molar-refractivity contribution is 0.0989. The van der Waals surface area contributed by atoms with Crippen molar-refractivity contribution in [1.82, 2.24) is 19.6 Å². The number of pyridine rings is 1. The quantitative estimate of drug-likeness (QED) is 0.393. The summed E-state index contributed by atoms with van der Waals surface area (Å²) in [5.74, 6) is -0.937. The van der Waals surface area contributed by atoms with E-state index in [1.54, 1.807) is 10.7 Å². The number of aryl methyl sites for hydroxylation is 1. The molecule has 0 saturated carbocycles. The topological polar surface area (TPSA) is 154 Å². The van der Waals surface area contributed by atoms with Crippen LogP contribution in [-0.4, -0.2) is 37.4 Å². The van der Waals surface area contributed by atoms with Crippen LogP contribution in [0.5, 0.6) is 0 Å². The summed E-state index contributed by atoms with van der Waals surface area (Å²) in [6.45, 7) is 7.66. The van der Waals surface area contributed by atoms with E-state index in [0.29, 0.717) is 17.1 Å². The van der Waals surface area contributed by atoms with Crippen LogP contribution in [0, 0.1) is 6.92 Å². The SMILES string of the molecule is Cc1ccc(-c2cc3c(NC(C)C(C)(C)c4nc(C(N)=O)co4)c(C(N)=O)cnn3c2)cn1. The second-order valence-electron chi connectivity index (χ2n) is 8.53. The van der Waals surface area contributed by atoms with E-state index in [4.69, 9.17) is 15.9 Å². The molecule has 33 heavy (non-hydrogen) atoms. The van der Waals surface area contributed by atoms with Gasteiger partial charge in [-0.05, 0) is 39.8 Å². The molecule has 0 fully saturated rings. The zero-order valence-electron chi connectivity index (χ0n) is 18.8. The second kappa shape index (κ2) is 8.05. The van der Waals surface area contributed by atoms with Crippen LogP contribution in [0.1, 0.15) is 53.2 Å². The zero-order valence-corrected chi connectivity index (χ0v) is 18.8. The number of hydrogen-bond donors (Lipinski definition) is 3. The number of rotatable bonds is 7. The summed E-state index contributed by atoms with van der Waals surface area (Å²) in [4.78, 5) is 32.2. The van der Waals surface area contributed by atoms with Gasteiger partial charge in [0.2, 0.25) is 5.89 Å². The van der Waals surface area contributed by atoms with Crippen molar-refractivity contribution < 1.29 is 14.0 Å². The Bertz CT molecular complexity index is 1350. The molecule has 0 aromatic carbocycles. The first-order valence-corrected chi connectivity index (χ1v) is 10.3. The van der Waals surface area contributed by atoms with Crippen molar-refractivity contribution in [3.05, 3.63) is 65.9 Å². The molecule has 0 aliphatic rings. The number of fused-ring (bicyclic) bond motifs is 1. The van der Waals surface area contributed by atoms with Crippen molar-refractivity contribution in [2.75, 3.05) is 5.32 Å². The van der Waals surface area contributed by atoms with E-state index in [9.17, 15) is 9.59 Å². The normalized spacial score (nSPS) is 12.6. The largest absolute Gasteiger partial charge is 0.447 e. The lowest BCUT2D eigenvalue weighted by Crippen LogP contribution is -2.38. The molecule has 10 heteroatoms. The Morgan fingerprint density at radius 2 is 1.91 bits per heavy atom. The van der Waals surface area contributed by atoms with Gasteiger partial charge in [0.05, 0.1) is 28.4 Å². The number of amides is 2. The highest BCUT2D eigenvalue weighted by atomic mass is 16.3. The highest BCUT2D eigenvalue weighted by Gasteiger charge is 2.34. The van der Waals surface area contributed by atoms with E-state index < -0.39 is 17.2 Å². The van der Waals surface area contributed by atoms with Gasteiger partial charge in [0.1, 0.15) is 6.26 Å². The Hall–Kier alpha value is -4.21. The molecule has 0 aliphatic heterocycles. The van der Waals surface area contributed by atoms with Crippen LogP contribution in [0.15, 0.2) is 47.5 Å². The monoisotopic (exact) mass is 447 g/mol. The number of carbonyl (C=O) groups is 2. The summed E-state index contributed by atoms with van der Waals surface area (Å²) in [5, 5.41) is 7.74. The maximum absolute atomic E-state index is 12.2. The predicted molar refractivity (Wildman–Crippen MR) is 123 cm³/mol. The number of aromatic nitrogens is 4. The molecule has 10 nitrogen and oxygen atoms in total. The van der Waals surface area contributed by atoms with Gasteiger partial charge in [-0.3, -0.25) is 14.6 Å². The molecule has 4 aromatic rings. The van der Waals surface area contributed by atoms with Crippen molar-refractivity contribution in [1.29, 1.82) is 0 Å². The third-order valence-electron chi connectivity index (χ3n) is 5.90. The highest BCUT2D eigenvalue weighted by Crippen LogP contribution is 2.33. The molecule has 4 heterocycles. The molecule has 0 spiro atoms. The van der Waals surface area contributed by atoms with E-state index in [-0.39, 0.29) is 17.3 Å². The van der Waals surface area contributed by atoms with Crippen LogP contribution < -0.4 is 16.8 Å². The minimum Gasteiger partial charge on any atom is -0.447 e. The average molecular weight is 447 g/mol. The van der Waals surface area contributed by atoms with Crippen molar-refractivity contribution in [3.63, 3.8) is 0 Å². The summed E-state index contributed by atoms with van der Waals surface area (Å²) in [6, 6.07) is 5.54. The Morgan fingerprint density at radius 3 is 2.52 bits per heavy atom. The highest BCUT2D eigenvalue weighted by molar-refractivity contribution is 6.02. The third-order valence-corrected chi connectivity index (χ3v) is 5.90. The van der Waals surface area contributed by atoms with Gasteiger partial charge in [0.25, 0.3) is 11.8 Å². The minimum absolute atomic E-state index is 0.0531. The smallest absolute Gasteiger partial charge is 0.270 e. The van der Waals surface area contributed by atoms with Gasteiger partial charge in [-0.1, -0.05) is 6.07 Å². The van der Waals surface area contributed by atoms with E-state index in [2.05, 4.69) is 20.4 Å². The minimum atomic E-state index is -0.667. The van der Waals surface area contributed by atoms with Crippen LogP contribution in [0.25, 0.3) is 16.6 Å². The molecule has 0 bridgehead atoms. The second-order valence-corrected chi connectivity index (χ2v) is 8.53. The number of hydrogen-bond acceptors (Lipinski definition) is 7. The lowest BCUT2D eigenvalue weighted by Gasteiger charge is -2.30. The fraction of sp³-hybridized carbons (Fsp3) is 0.261. The molecule has 1 atom stereocenters. The third kappa shape index (κ3) is 4.02. The Balaban J connectivity index is 1.76. The standard InChI is InChI=1S/C23H25N7O3/c1-12-5-6-14(8-26-12)15-7-18-19(16(20(24)31)9-27-30(18)10-15)28-13(2)23(3,4)22-29-17(11-33-22)21(25)32/h5-11,13,28H,1-4H3,(H2,24,31)(H2,25,32). The summed E-state index contributed by atoms with van der Waals surface area (Å²) in [7, 11) is 0. The molecular weight excluding hydrogens is 422 g/mol. The van der Waals surface area contributed by atoms with Gasteiger partial charge in [-0.15, -0.1) is 0 Å². The Labute approximate surface area is 190 Å². The van der Waals surface area contributed by atoms with Crippen LogP contribution in [0.3, 0.4) is 0 Å². The van der Waals surface area contributed by atoms with Gasteiger partial charge in [0.15, 0.2) is 5.69 Å². The van der Waals surface area contributed by atoms with Crippen LogP contribution in [0.2, 0.25) is 0 Å². The molecule has 0 radical (unpaired) electrons. The first-order chi connectivity index (χ1) is 15.6. The fourth-order valence-electron chi connectivity index (χ4n) is 3.46. The van der Waals surface area contributed by atoms with Crippen molar-refractivity contribution in [3.8, 4) is 11.1 Å². The molecule has 2 amide bonds. The maximum Gasteiger partial charge on any atom is 0.270 e. The van der Waals surface area contributed by atoms with Crippen molar-refractivity contribution >= 4 is 23.0 Å². The predicted octanol–water partition coefficient (Wildman–Crippen LogP) is 2.67. The van der Waals surface area contributed by atoms with Crippen LogP contribution >= 0.6 is 0 Å². The first-order valence-electron chi connectivity index (χ1n) is 10.3. The van der Waals surface area contributed by atoms with Gasteiger partial charge < -0.3 is 21.2 Å². The zero-order chi connectivity index (χ0) is 23.9. The summed E-state index contributed by atoms with van der Waals surface area (Å²) in [5.41, 5.74) is 14.5. The molecule has 1 unspecified atom stereocenters. The van der Waals surface area contributed by atoms with E-state index >= 15 is 0 Å². The number of anilines is 1. The number of nitrogens with one attached hydrogen (secondary N) is 1. The fourth-order valence-corrected chi connectivity index (χ4v) is 3.46. The summed E-state index contributed by atoms with van der Waals surface area (Å²) >= 11 is 0. The van der Waals surface area contributed by atoms with Gasteiger partial charge in [-0.2, -0.15) is 5.10 Å². The van der Waals surface area contributed by atoms with Gasteiger partial charge >= 0.3 is 0 Å². The Kier molecular flexibility index (Phi) is 5.36. The van der Waals surface area contributed by atoms with Gasteiger partial charge in [-0.25, -0.2) is 9.50 Å². The van der Waals surface area contributed by atoms with Gasteiger partial charge in [0, 0.05) is 35.3 Å². The number of nitrogens with zero attached hydrogens (tertiary/aromatic N) is 4. The van der Waals surface area contributed by atoms with Crippen molar-refractivity contribution in [2.24, 2.45) is 11.5 Å². The molecule has 5 N–H and O–H groups in total. The molecular formula is C23H25N7O3. The van der Waals surface area contributed by atoms with Crippen LogP contribution in [0.4, 0.5) is 5.69 Å².